The molecule has 1 rings (SSSR count). The molecule has 5 N–H and O–H groups in total. The molecular formula is C15H24F2N4. The average molecular weight is 298 g/mol. The summed E-state index contributed by atoms with van der Waals surface area (Å²) < 4.78 is 27.9. The summed E-state index contributed by atoms with van der Waals surface area (Å²) in [7, 11) is 0. The first-order valence-electron chi connectivity index (χ1n) is 6.92. The van der Waals surface area contributed by atoms with Crippen LogP contribution in [0.4, 0.5) is 8.78 Å². The normalized spacial score (nSPS) is 12.2. The summed E-state index contributed by atoms with van der Waals surface area (Å²) >= 11 is 0. The van der Waals surface area contributed by atoms with E-state index in [4.69, 9.17) is 11.5 Å². The van der Waals surface area contributed by atoms with Gasteiger partial charge >= 0.3 is 6.05 Å². The Labute approximate surface area is 124 Å². The molecule has 0 atom stereocenters. The summed E-state index contributed by atoms with van der Waals surface area (Å²) in [6, 6.07) is 3.34. The maximum absolute atomic E-state index is 14.0. The van der Waals surface area contributed by atoms with Crippen molar-refractivity contribution in [2.45, 2.75) is 38.7 Å². The van der Waals surface area contributed by atoms with Crippen molar-refractivity contribution in [2.75, 3.05) is 13.1 Å². The van der Waals surface area contributed by atoms with Crippen molar-refractivity contribution in [1.29, 1.82) is 0 Å². The van der Waals surface area contributed by atoms with Gasteiger partial charge in [0.2, 0.25) is 0 Å². The quantitative estimate of drug-likeness (QED) is 0.326. The maximum atomic E-state index is 14.0. The molecule has 0 heterocycles. The van der Waals surface area contributed by atoms with Crippen molar-refractivity contribution >= 4 is 5.96 Å². The van der Waals surface area contributed by atoms with E-state index in [2.05, 4.69) is 10.3 Å². The summed E-state index contributed by atoms with van der Waals surface area (Å²) in [5.74, 6) is -0.0282. The molecule has 0 aromatic heterocycles. The number of rotatable bonds is 6. The van der Waals surface area contributed by atoms with Crippen LogP contribution in [0, 0.1) is 0 Å². The Morgan fingerprint density at radius 1 is 1.10 bits per heavy atom. The summed E-state index contributed by atoms with van der Waals surface area (Å²) in [5, 5.41) is 2.22. The van der Waals surface area contributed by atoms with E-state index in [9.17, 15) is 8.78 Å². The smallest absolute Gasteiger partial charge is 0.329 e. The zero-order valence-electron chi connectivity index (χ0n) is 12.8. The highest BCUT2D eigenvalue weighted by Crippen LogP contribution is 2.28. The molecule has 0 radical (unpaired) electrons. The van der Waals surface area contributed by atoms with Crippen molar-refractivity contribution in [3.63, 3.8) is 0 Å². The Kier molecular flexibility index (Phi) is 5.66. The topological polar surface area (TPSA) is 76.4 Å². The molecule has 0 unspecified atom stereocenters. The Balaban J connectivity index is 2.59. The molecule has 0 saturated carbocycles. The van der Waals surface area contributed by atoms with Crippen LogP contribution in [0.1, 0.15) is 38.3 Å². The predicted octanol–water partition coefficient (Wildman–Crippen LogP) is 2.29. The standard InChI is InChI=1S/C15H24F2N4/c1-14(2,3)11-5-7-12(8-6-11)15(16,17)21-10-4-9-20-13(18)19/h5-8,21H,4,9-10H2,1-3H3,(H4,18,19,20). The zero-order chi connectivity index (χ0) is 16.1. The number of alkyl halides is 2. The molecular weight excluding hydrogens is 274 g/mol. The molecule has 4 nitrogen and oxygen atoms in total. The van der Waals surface area contributed by atoms with Crippen LogP contribution in [-0.4, -0.2) is 19.0 Å². The molecule has 118 valence electrons. The van der Waals surface area contributed by atoms with Crippen LogP contribution in [0.5, 0.6) is 0 Å². The van der Waals surface area contributed by atoms with Crippen molar-refractivity contribution in [3.8, 4) is 0 Å². The molecule has 1 aromatic rings. The first-order chi connectivity index (χ1) is 9.63. The summed E-state index contributed by atoms with van der Waals surface area (Å²) in [5.41, 5.74) is 11.2. The molecule has 0 fully saturated rings. The average Bonchev–Trinajstić information content (AvgIpc) is 2.37. The Morgan fingerprint density at radius 3 is 2.10 bits per heavy atom. The van der Waals surface area contributed by atoms with Gasteiger partial charge in [-0.3, -0.25) is 10.3 Å². The molecule has 6 heteroatoms. The van der Waals surface area contributed by atoms with Crippen LogP contribution < -0.4 is 16.8 Å². The number of benzene rings is 1. The zero-order valence-corrected chi connectivity index (χ0v) is 12.8. The molecule has 1 aromatic carbocycles. The van der Waals surface area contributed by atoms with Gasteiger partial charge in [-0.25, -0.2) is 0 Å². The summed E-state index contributed by atoms with van der Waals surface area (Å²) in [6.07, 6.45) is 0.438. The van der Waals surface area contributed by atoms with Gasteiger partial charge in [-0.1, -0.05) is 45.0 Å². The van der Waals surface area contributed by atoms with Gasteiger partial charge < -0.3 is 11.5 Å². The summed E-state index contributed by atoms with van der Waals surface area (Å²) in [4.78, 5) is 3.74. The molecule has 0 spiro atoms. The number of hydrogen-bond acceptors (Lipinski definition) is 2. The number of aliphatic imine (C=N–C) groups is 1. The lowest BCUT2D eigenvalue weighted by atomic mass is 9.86. The minimum absolute atomic E-state index is 0.0282. The van der Waals surface area contributed by atoms with Gasteiger partial charge in [0.1, 0.15) is 0 Å². The second kappa shape index (κ2) is 6.85. The molecule has 0 aliphatic rings. The van der Waals surface area contributed by atoms with Gasteiger partial charge in [-0.05, 0) is 17.4 Å². The maximum Gasteiger partial charge on any atom is 0.329 e. The second-order valence-electron chi connectivity index (χ2n) is 5.99. The van der Waals surface area contributed by atoms with Crippen LogP contribution >= 0.6 is 0 Å². The Morgan fingerprint density at radius 2 is 1.62 bits per heavy atom. The third-order valence-electron chi connectivity index (χ3n) is 3.09. The number of hydrogen-bond donors (Lipinski definition) is 3. The number of guanidine groups is 1. The third kappa shape index (κ3) is 5.67. The monoisotopic (exact) mass is 298 g/mol. The number of nitrogens with one attached hydrogen (secondary N) is 1. The van der Waals surface area contributed by atoms with Gasteiger partial charge in [0.15, 0.2) is 5.96 Å². The second-order valence-corrected chi connectivity index (χ2v) is 5.99. The third-order valence-corrected chi connectivity index (χ3v) is 3.09. The lowest BCUT2D eigenvalue weighted by Crippen LogP contribution is -2.35. The van der Waals surface area contributed by atoms with E-state index < -0.39 is 6.05 Å². The SMILES string of the molecule is CC(C)(C)c1ccc(C(F)(F)NCCCN=C(N)N)cc1. The molecule has 0 aliphatic carbocycles. The number of nitrogens with two attached hydrogens (primary N) is 2. The van der Waals surface area contributed by atoms with E-state index in [0.717, 1.165) is 5.56 Å². The van der Waals surface area contributed by atoms with Crippen molar-refractivity contribution in [3.05, 3.63) is 35.4 Å². The fourth-order valence-electron chi connectivity index (χ4n) is 1.81. The fraction of sp³-hybridized carbons (Fsp3) is 0.533. The molecule has 0 aliphatic heterocycles. The van der Waals surface area contributed by atoms with Gasteiger partial charge in [-0.15, -0.1) is 0 Å². The largest absolute Gasteiger partial charge is 0.370 e. The Bertz CT molecular complexity index is 471. The van der Waals surface area contributed by atoms with E-state index in [1.54, 1.807) is 12.1 Å². The van der Waals surface area contributed by atoms with Crippen LogP contribution in [0.25, 0.3) is 0 Å². The van der Waals surface area contributed by atoms with Crippen LogP contribution in [0.2, 0.25) is 0 Å². The van der Waals surface area contributed by atoms with Crippen molar-refractivity contribution < 1.29 is 8.78 Å². The molecule has 21 heavy (non-hydrogen) atoms. The Hall–Kier alpha value is -1.69. The first kappa shape index (κ1) is 17.4. The highest BCUT2D eigenvalue weighted by molar-refractivity contribution is 5.75. The molecule has 0 amide bonds. The van der Waals surface area contributed by atoms with Crippen molar-refractivity contribution in [2.24, 2.45) is 16.5 Å². The highest BCUT2D eigenvalue weighted by Gasteiger charge is 2.30. The van der Waals surface area contributed by atoms with E-state index in [0.29, 0.717) is 13.0 Å². The minimum Gasteiger partial charge on any atom is -0.370 e. The number of nitrogens with zero attached hydrogens (tertiary/aromatic N) is 1. The van der Waals surface area contributed by atoms with Crippen LogP contribution in [0.3, 0.4) is 0 Å². The van der Waals surface area contributed by atoms with Crippen LogP contribution in [-0.2, 0) is 11.5 Å². The minimum atomic E-state index is -3.06. The van der Waals surface area contributed by atoms with Gasteiger partial charge in [0.05, 0.1) is 0 Å². The van der Waals surface area contributed by atoms with E-state index >= 15 is 0 Å². The van der Waals surface area contributed by atoms with Crippen LogP contribution in [0.15, 0.2) is 29.3 Å². The summed E-state index contributed by atoms with van der Waals surface area (Å²) in [6.45, 7) is 6.59. The van der Waals surface area contributed by atoms with E-state index in [1.165, 1.54) is 12.1 Å². The van der Waals surface area contributed by atoms with Gasteiger partial charge in [-0.2, -0.15) is 8.78 Å². The fourth-order valence-corrected chi connectivity index (χ4v) is 1.81. The van der Waals surface area contributed by atoms with Crippen molar-refractivity contribution in [1.82, 2.24) is 5.32 Å². The highest BCUT2D eigenvalue weighted by atomic mass is 19.3. The van der Waals surface area contributed by atoms with Gasteiger partial charge in [0.25, 0.3) is 0 Å². The van der Waals surface area contributed by atoms with E-state index in [-0.39, 0.29) is 23.5 Å². The van der Waals surface area contributed by atoms with Gasteiger partial charge in [0, 0.05) is 18.7 Å². The molecule has 0 saturated heterocycles. The number of halogens is 2. The lowest BCUT2D eigenvalue weighted by molar-refractivity contribution is -0.0409. The molecule has 0 bridgehead atoms. The predicted molar refractivity (Wildman–Crippen MR) is 82.3 cm³/mol. The first-order valence-corrected chi connectivity index (χ1v) is 6.92. The van der Waals surface area contributed by atoms with E-state index in [1.807, 2.05) is 20.8 Å². The lowest BCUT2D eigenvalue weighted by Gasteiger charge is -2.22.